The zero-order valence-electron chi connectivity index (χ0n) is 15.2. The second-order valence-electron chi connectivity index (χ2n) is 7.08. The maximum atomic E-state index is 5.48. The topological polar surface area (TPSA) is 60.0 Å². The van der Waals surface area contributed by atoms with Gasteiger partial charge in [0.1, 0.15) is 0 Å². The number of hydrogen-bond donors (Lipinski definition) is 0. The van der Waals surface area contributed by atoms with E-state index in [2.05, 4.69) is 50.5 Å². The van der Waals surface area contributed by atoms with Crippen LogP contribution in [0.2, 0.25) is 0 Å². The summed E-state index contributed by atoms with van der Waals surface area (Å²) in [7, 11) is 1.97. The number of rotatable bonds is 6. The number of hydrogen-bond acceptors (Lipinski definition) is 5. The van der Waals surface area contributed by atoms with Crippen LogP contribution in [0.3, 0.4) is 0 Å². The molecule has 1 saturated heterocycles. The molecule has 0 bridgehead atoms. The highest BCUT2D eigenvalue weighted by Crippen LogP contribution is 2.26. The molecule has 0 N–H and O–H groups in total. The first kappa shape index (κ1) is 17.0. The fourth-order valence-corrected chi connectivity index (χ4v) is 3.64. The van der Waals surface area contributed by atoms with Crippen molar-refractivity contribution in [3.8, 4) is 0 Å². The molecule has 1 aliphatic rings. The van der Waals surface area contributed by atoms with Gasteiger partial charge in [-0.25, -0.2) is 0 Å². The Bertz CT molecular complexity index is 826. The second-order valence-corrected chi connectivity index (χ2v) is 7.08. The summed E-state index contributed by atoms with van der Waals surface area (Å²) in [5, 5.41) is 8.72. The maximum Gasteiger partial charge on any atom is 0.240 e. The van der Waals surface area contributed by atoms with Gasteiger partial charge in [-0.15, -0.1) is 0 Å². The second kappa shape index (κ2) is 7.83. The zero-order chi connectivity index (χ0) is 17.8. The van der Waals surface area contributed by atoms with Crippen molar-refractivity contribution in [2.75, 3.05) is 13.1 Å². The van der Waals surface area contributed by atoms with Gasteiger partial charge in [0.2, 0.25) is 5.89 Å². The summed E-state index contributed by atoms with van der Waals surface area (Å²) in [6, 6.07) is 12.5. The molecule has 0 spiro atoms. The number of nitrogens with zero attached hydrogens (tertiary/aromatic N) is 5. The molecule has 2 aromatic heterocycles. The first-order chi connectivity index (χ1) is 12.8. The minimum absolute atomic E-state index is 0.491. The molecule has 1 fully saturated rings. The summed E-state index contributed by atoms with van der Waals surface area (Å²) in [5.74, 6) is 2.00. The normalized spacial score (nSPS) is 18.3. The van der Waals surface area contributed by atoms with Crippen LogP contribution in [0.25, 0.3) is 0 Å². The standard InChI is InChI=1S/C20H25N5O/c1-24-13-11-18(22-24)17-8-5-12-25(14-17)15-20-21-19(23-26-20)10-9-16-6-3-2-4-7-16/h2-4,6-7,11,13,17H,5,8-10,12,14-15H2,1H3. The van der Waals surface area contributed by atoms with Gasteiger partial charge >= 0.3 is 0 Å². The lowest BCUT2D eigenvalue weighted by molar-refractivity contribution is 0.175. The van der Waals surface area contributed by atoms with Gasteiger partial charge < -0.3 is 4.52 Å². The monoisotopic (exact) mass is 351 g/mol. The predicted octanol–water partition coefficient (Wildman–Crippen LogP) is 2.97. The maximum absolute atomic E-state index is 5.48. The largest absolute Gasteiger partial charge is 0.338 e. The minimum atomic E-state index is 0.491. The molecule has 3 aromatic rings. The van der Waals surface area contributed by atoms with Gasteiger partial charge in [-0.05, 0) is 37.4 Å². The van der Waals surface area contributed by atoms with Gasteiger partial charge in [0.25, 0.3) is 0 Å². The Morgan fingerprint density at radius 1 is 1.15 bits per heavy atom. The van der Waals surface area contributed by atoms with E-state index >= 15 is 0 Å². The van der Waals surface area contributed by atoms with Gasteiger partial charge in [0, 0.05) is 32.1 Å². The molecule has 1 aromatic carbocycles. The lowest BCUT2D eigenvalue weighted by atomic mass is 9.95. The smallest absolute Gasteiger partial charge is 0.240 e. The lowest BCUT2D eigenvalue weighted by Gasteiger charge is -2.30. The van der Waals surface area contributed by atoms with E-state index in [-0.39, 0.29) is 0 Å². The summed E-state index contributed by atoms with van der Waals surface area (Å²) < 4.78 is 7.36. The Morgan fingerprint density at radius 3 is 2.85 bits per heavy atom. The molecule has 0 aliphatic carbocycles. The van der Waals surface area contributed by atoms with Crippen LogP contribution in [0.4, 0.5) is 0 Å². The number of aryl methyl sites for hydroxylation is 3. The van der Waals surface area contributed by atoms with Gasteiger partial charge in [-0.2, -0.15) is 10.1 Å². The van der Waals surface area contributed by atoms with Crippen LogP contribution in [0, 0.1) is 0 Å². The van der Waals surface area contributed by atoms with E-state index in [1.165, 1.54) is 24.1 Å². The molecule has 0 amide bonds. The average Bonchev–Trinajstić information content (AvgIpc) is 3.30. The summed E-state index contributed by atoms with van der Waals surface area (Å²) in [6.45, 7) is 2.80. The number of aromatic nitrogens is 4. The molecule has 0 saturated carbocycles. The fourth-order valence-electron chi connectivity index (χ4n) is 3.64. The quantitative estimate of drug-likeness (QED) is 0.683. The van der Waals surface area contributed by atoms with Crippen molar-refractivity contribution in [3.05, 3.63) is 65.6 Å². The molecule has 1 aliphatic heterocycles. The minimum Gasteiger partial charge on any atom is -0.338 e. The molecule has 6 nitrogen and oxygen atoms in total. The van der Waals surface area contributed by atoms with Gasteiger partial charge in [0.05, 0.1) is 12.2 Å². The summed E-state index contributed by atoms with van der Waals surface area (Å²) in [5.41, 5.74) is 2.49. The summed E-state index contributed by atoms with van der Waals surface area (Å²) in [6.07, 6.45) is 6.14. The average molecular weight is 351 g/mol. The highest BCUT2D eigenvalue weighted by Gasteiger charge is 2.24. The van der Waals surface area contributed by atoms with Crippen LogP contribution < -0.4 is 0 Å². The van der Waals surface area contributed by atoms with Crippen molar-refractivity contribution >= 4 is 0 Å². The zero-order valence-corrected chi connectivity index (χ0v) is 15.2. The lowest BCUT2D eigenvalue weighted by Crippen LogP contribution is -2.34. The molecule has 4 rings (SSSR count). The van der Waals surface area contributed by atoms with Crippen molar-refractivity contribution in [3.63, 3.8) is 0 Å². The van der Waals surface area contributed by atoms with Crippen molar-refractivity contribution < 1.29 is 4.52 Å². The Morgan fingerprint density at radius 2 is 2.04 bits per heavy atom. The highest BCUT2D eigenvalue weighted by atomic mass is 16.5. The molecule has 136 valence electrons. The van der Waals surface area contributed by atoms with Crippen LogP contribution in [0.1, 0.15) is 41.7 Å². The molecular weight excluding hydrogens is 326 g/mol. The predicted molar refractivity (Wildman–Crippen MR) is 98.6 cm³/mol. The van der Waals surface area contributed by atoms with E-state index in [1.807, 2.05) is 24.0 Å². The Kier molecular flexibility index (Phi) is 5.11. The molecular formula is C20H25N5O. The molecule has 6 heteroatoms. The van der Waals surface area contributed by atoms with Gasteiger partial charge in [-0.1, -0.05) is 35.5 Å². The summed E-state index contributed by atoms with van der Waals surface area (Å²) >= 11 is 0. The summed E-state index contributed by atoms with van der Waals surface area (Å²) in [4.78, 5) is 6.98. The number of piperidine rings is 1. The Hall–Kier alpha value is -2.47. The van der Waals surface area contributed by atoms with E-state index in [9.17, 15) is 0 Å². The number of likely N-dealkylation sites (tertiary alicyclic amines) is 1. The van der Waals surface area contributed by atoms with Crippen molar-refractivity contribution in [1.82, 2.24) is 24.8 Å². The molecule has 1 unspecified atom stereocenters. The van der Waals surface area contributed by atoms with Gasteiger partial charge in [0.15, 0.2) is 5.82 Å². The van der Waals surface area contributed by atoms with E-state index < -0.39 is 0 Å². The van der Waals surface area contributed by atoms with E-state index in [0.717, 1.165) is 44.2 Å². The van der Waals surface area contributed by atoms with Gasteiger partial charge in [-0.3, -0.25) is 9.58 Å². The third-order valence-corrected chi connectivity index (χ3v) is 5.01. The third kappa shape index (κ3) is 4.19. The van der Waals surface area contributed by atoms with Crippen LogP contribution in [0.15, 0.2) is 47.1 Å². The van der Waals surface area contributed by atoms with Crippen molar-refractivity contribution in [2.45, 2.75) is 38.1 Å². The third-order valence-electron chi connectivity index (χ3n) is 5.01. The number of benzene rings is 1. The SMILES string of the molecule is Cn1ccc(C2CCCN(Cc3nc(CCc4ccccc4)no3)C2)n1. The van der Waals surface area contributed by atoms with Crippen molar-refractivity contribution in [2.24, 2.45) is 7.05 Å². The molecule has 1 atom stereocenters. The van der Waals surface area contributed by atoms with Crippen LogP contribution in [0.5, 0.6) is 0 Å². The fraction of sp³-hybridized carbons (Fsp3) is 0.450. The molecule has 0 radical (unpaired) electrons. The van der Waals surface area contributed by atoms with E-state index in [4.69, 9.17) is 4.52 Å². The van der Waals surface area contributed by atoms with Crippen LogP contribution in [-0.2, 0) is 26.4 Å². The van der Waals surface area contributed by atoms with Crippen LogP contribution in [-0.4, -0.2) is 37.9 Å². The van der Waals surface area contributed by atoms with Crippen molar-refractivity contribution in [1.29, 1.82) is 0 Å². The first-order valence-corrected chi connectivity index (χ1v) is 9.33. The van der Waals surface area contributed by atoms with E-state index in [1.54, 1.807) is 0 Å². The Labute approximate surface area is 153 Å². The highest BCUT2D eigenvalue weighted by molar-refractivity contribution is 5.15. The first-order valence-electron chi connectivity index (χ1n) is 9.33. The van der Waals surface area contributed by atoms with E-state index in [0.29, 0.717) is 5.92 Å². The molecule has 3 heterocycles. The Balaban J connectivity index is 1.32. The molecule has 26 heavy (non-hydrogen) atoms. The van der Waals surface area contributed by atoms with Crippen LogP contribution >= 0.6 is 0 Å².